The van der Waals surface area contributed by atoms with Crippen molar-refractivity contribution in [3.05, 3.63) is 66.9 Å². The lowest BCUT2D eigenvalue weighted by Gasteiger charge is -2.41. The highest BCUT2D eigenvalue weighted by molar-refractivity contribution is 5.99. The third-order valence-corrected chi connectivity index (χ3v) is 6.72. The van der Waals surface area contributed by atoms with Crippen molar-refractivity contribution in [2.75, 3.05) is 47.6 Å². The summed E-state index contributed by atoms with van der Waals surface area (Å²) in [5.74, 6) is -0.639. The SMILES string of the molecule is C=CC(=O)Nc1cccc(Nc2nc(Nc3ccc(N4CCN(C(=O)OC(C)(C)C)C(C)C4)cc3OC)ncc2C(F)(F)F)c1. The van der Waals surface area contributed by atoms with Gasteiger partial charge in [0.25, 0.3) is 0 Å². The van der Waals surface area contributed by atoms with Crippen molar-refractivity contribution in [1.82, 2.24) is 14.9 Å². The van der Waals surface area contributed by atoms with Gasteiger partial charge in [-0.1, -0.05) is 12.6 Å². The molecule has 1 aliphatic rings. The Kier molecular flexibility index (Phi) is 9.74. The number of ether oxygens (including phenoxy) is 2. The summed E-state index contributed by atoms with van der Waals surface area (Å²) in [7, 11) is 1.48. The number of hydrogen-bond donors (Lipinski definition) is 3. The van der Waals surface area contributed by atoms with E-state index in [2.05, 4.69) is 37.4 Å². The molecular weight excluding hydrogens is 591 g/mol. The van der Waals surface area contributed by atoms with Crippen LogP contribution < -0.4 is 25.6 Å². The number of piperazine rings is 1. The number of carbonyl (C=O) groups is 2. The predicted molar refractivity (Wildman–Crippen MR) is 166 cm³/mol. The van der Waals surface area contributed by atoms with Gasteiger partial charge in [-0.05, 0) is 64.1 Å². The van der Waals surface area contributed by atoms with Gasteiger partial charge in [0.1, 0.15) is 22.7 Å². The standard InChI is InChI=1S/C31H36F3N7O4/c1-7-26(42)36-20-9-8-10-21(15-20)37-27-23(31(32,33)34)17-35-28(39-27)38-24-12-11-22(16-25(24)44-6)40-13-14-41(19(2)18-40)29(43)45-30(3,4)5/h7-12,15-17,19H,1,13-14,18H2,2-6H3,(H,36,42)(H2,35,37,38,39). The van der Waals surface area contributed by atoms with E-state index in [1.807, 2.05) is 33.8 Å². The van der Waals surface area contributed by atoms with Crippen molar-refractivity contribution in [3.8, 4) is 5.75 Å². The van der Waals surface area contributed by atoms with Crippen molar-refractivity contribution >= 4 is 46.5 Å². The lowest BCUT2D eigenvalue weighted by molar-refractivity contribution is -0.137. The van der Waals surface area contributed by atoms with E-state index in [0.717, 1.165) is 11.8 Å². The lowest BCUT2D eigenvalue weighted by Crippen LogP contribution is -2.55. The molecule has 0 aliphatic carbocycles. The summed E-state index contributed by atoms with van der Waals surface area (Å²) >= 11 is 0. The molecule has 45 heavy (non-hydrogen) atoms. The minimum atomic E-state index is -4.74. The normalized spacial score (nSPS) is 15.2. The van der Waals surface area contributed by atoms with Crippen LogP contribution in [0.5, 0.6) is 5.75 Å². The fourth-order valence-corrected chi connectivity index (χ4v) is 4.63. The first-order chi connectivity index (χ1) is 21.2. The van der Waals surface area contributed by atoms with E-state index in [-0.39, 0.29) is 23.8 Å². The number of methoxy groups -OCH3 is 1. The summed E-state index contributed by atoms with van der Waals surface area (Å²) in [6.07, 6.45) is -3.32. The molecule has 1 fully saturated rings. The van der Waals surface area contributed by atoms with Crippen molar-refractivity contribution in [2.45, 2.75) is 45.5 Å². The maximum atomic E-state index is 13.9. The Morgan fingerprint density at radius 1 is 1.07 bits per heavy atom. The summed E-state index contributed by atoms with van der Waals surface area (Å²) in [4.78, 5) is 36.1. The summed E-state index contributed by atoms with van der Waals surface area (Å²) in [5.41, 5.74) is 0.225. The number of carbonyl (C=O) groups excluding carboxylic acids is 2. The highest BCUT2D eigenvalue weighted by Crippen LogP contribution is 2.37. The van der Waals surface area contributed by atoms with Gasteiger partial charge in [0.15, 0.2) is 0 Å². The van der Waals surface area contributed by atoms with Crippen LogP contribution in [-0.2, 0) is 15.7 Å². The molecule has 1 saturated heterocycles. The molecule has 0 spiro atoms. The van der Waals surface area contributed by atoms with Crippen molar-refractivity contribution < 1.29 is 32.2 Å². The molecule has 11 nitrogen and oxygen atoms in total. The molecule has 1 unspecified atom stereocenters. The number of alkyl halides is 3. The molecule has 0 saturated carbocycles. The van der Waals surface area contributed by atoms with E-state index in [4.69, 9.17) is 9.47 Å². The third kappa shape index (κ3) is 8.55. The van der Waals surface area contributed by atoms with Gasteiger partial charge in [-0.3, -0.25) is 4.79 Å². The zero-order valence-corrected chi connectivity index (χ0v) is 25.7. The first-order valence-corrected chi connectivity index (χ1v) is 14.1. The van der Waals surface area contributed by atoms with Crippen LogP contribution in [0, 0.1) is 0 Å². The van der Waals surface area contributed by atoms with Gasteiger partial charge in [0.05, 0.1) is 12.8 Å². The summed E-state index contributed by atoms with van der Waals surface area (Å²) in [6, 6.07) is 11.4. The number of halogens is 3. The molecule has 240 valence electrons. The monoisotopic (exact) mass is 627 g/mol. The molecule has 1 aliphatic heterocycles. The van der Waals surface area contributed by atoms with Gasteiger partial charge >= 0.3 is 12.3 Å². The summed E-state index contributed by atoms with van der Waals surface area (Å²) in [6.45, 7) is 12.4. The van der Waals surface area contributed by atoms with E-state index in [0.29, 0.717) is 43.0 Å². The molecule has 2 heterocycles. The first kappa shape index (κ1) is 32.9. The minimum absolute atomic E-state index is 0.104. The third-order valence-electron chi connectivity index (χ3n) is 6.72. The molecule has 2 aromatic carbocycles. The highest BCUT2D eigenvalue weighted by Gasteiger charge is 2.36. The average Bonchev–Trinajstić information content (AvgIpc) is 2.96. The molecule has 1 atom stereocenters. The second-order valence-electron chi connectivity index (χ2n) is 11.3. The van der Waals surface area contributed by atoms with Crippen LogP contribution in [0.3, 0.4) is 0 Å². The summed E-state index contributed by atoms with van der Waals surface area (Å²) < 4.78 is 52.7. The fraction of sp³-hybridized carbons (Fsp3) is 0.355. The Morgan fingerprint density at radius 2 is 1.80 bits per heavy atom. The molecular formula is C31H36F3N7O4. The van der Waals surface area contributed by atoms with Crippen LogP contribution in [-0.4, -0.2) is 65.3 Å². The predicted octanol–water partition coefficient (Wildman–Crippen LogP) is 6.56. The van der Waals surface area contributed by atoms with Gasteiger partial charge in [-0.2, -0.15) is 18.2 Å². The molecule has 3 aromatic rings. The van der Waals surface area contributed by atoms with Gasteiger partial charge < -0.3 is 35.2 Å². The van der Waals surface area contributed by atoms with Crippen molar-refractivity contribution in [1.29, 1.82) is 0 Å². The smallest absolute Gasteiger partial charge is 0.421 e. The Bertz CT molecular complexity index is 1560. The number of aromatic nitrogens is 2. The number of amides is 2. The zero-order chi connectivity index (χ0) is 32.9. The van der Waals surface area contributed by atoms with Gasteiger partial charge in [0.2, 0.25) is 11.9 Å². The van der Waals surface area contributed by atoms with Crippen LogP contribution in [0.15, 0.2) is 61.3 Å². The highest BCUT2D eigenvalue weighted by atomic mass is 19.4. The van der Waals surface area contributed by atoms with Crippen molar-refractivity contribution in [2.24, 2.45) is 0 Å². The van der Waals surface area contributed by atoms with E-state index in [1.165, 1.54) is 19.2 Å². The maximum Gasteiger partial charge on any atom is 0.421 e. The van der Waals surface area contributed by atoms with Crippen LogP contribution in [0.25, 0.3) is 0 Å². The Hall–Kier alpha value is -5.01. The van der Waals surface area contributed by atoms with E-state index in [1.54, 1.807) is 29.2 Å². The number of nitrogens with zero attached hydrogens (tertiary/aromatic N) is 4. The number of rotatable bonds is 8. The van der Waals surface area contributed by atoms with E-state index >= 15 is 0 Å². The Labute approximate surface area is 259 Å². The number of hydrogen-bond acceptors (Lipinski definition) is 9. The lowest BCUT2D eigenvalue weighted by atomic mass is 10.1. The van der Waals surface area contributed by atoms with Crippen LogP contribution in [0.1, 0.15) is 33.3 Å². The quantitative estimate of drug-likeness (QED) is 0.239. The van der Waals surface area contributed by atoms with Crippen LogP contribution in [0.2, 0.25) is 0 Å². The average molecular weight is 628 g/mol. The minimum Gasteiger partial charge on any atom is -0.494 e. The molecule has 0 radical (unpaired) electrons. The first-order valence-electron chi connectivity index (χ1n) is 14.1. The Morgan fingerprint density at radius 3 is 2.44 bits per heavy atom. The van der Waals surface area contributed by atoms with Gasteiger partial charge in [-0.15, -0.1) is 0 Å². The van der Waals surface area contributed by atoms with Crippen LogP contribution in [0.4, 0.5) is 52.5 Å². The van der Waals surface area contributed by atoms with Crippen LogP contribution >= 0.6 is 0 Å². The molecule has 4 rings (SSSR count). The maximum absolute atomic E-state index is 13.9. The number of nitrogens with one attached hydrogen (secondary N) is 3. The van der Waals surface area contributed by atoms with Crippen molar-refractivity contribution in [3.63, 3.8) is 0 Å². The second-order valence-corrected chi connectivity index (χ2v) is 11.3. The molecule has 2 amide bonds. The van der Waals surface area contributed by atoms with Gasteiger partial charge in [0, 0.05) is 55.0 Å². The fourth-order valence-electron chi connectivity index (χ4n) is 4.63. The summed E-state index contributed by atoms with van der Waals surface area (Å²) in [5, 5.41) is 8.19. The number of anilines is 6. The molecule has 3 N–H and O–H groups in total. The van der Waals surface area contributed by atoms with E-state index < -0.39 is 29.1 Å². The van der Waals surface area contributed by atoms with E-state index in [9.17, 15) is 22.8 Å². The Balaban J connectivity index is 1.53. The topological polar surface area (TPSA) is 121 Å². The van der Waals surface area contributed by atoms with Gasteiger partial charge in [-0.25, -0.2) is 9.78 Å². The number of benzene rings is 2. The molecule has 1 aromatic heterocycles. The zero-order valence-electron chi connectivity index (χ0n) is 25.7. The molecule has 14 heteroatoms. The largest absolute Gasteiger partial charge is 0.494 e. The molecule has 0 bridgehead atoms. The second kappa shape index (κ2) is 13.3.